The molecule has 0 spiro atoms. The molecular weight excluding hydrogens is 200 g/mol. The van der Waals surface area contributed by atoms with Gasteiger partial charge in [0.1, 0.15) is 0 Å². The SMILES string of the molecule is CCC1(N)CCCN(C(=O)C(C)C(C)C)C1. The number of nitrogens with two attached hydrogens (primary N) is 1. The average Bonchev–Trinajstić information content (AvgIpc) is 2.27. The van der Waals surface area contributed by atoms with Crippen LogP contribution in [-0.4, -0.2) is 29.4 Å². The van der Waals surface area contributed by atoms with Gasteiger partial charge in [-0.25, -0.2) is 0 Å². The van der Waals surface area contributed by atoms with Crippen LogP contribution in [0.5, 0.6) is 0 Å². The van der Waals surface area contributed by atoms with Gasteiger partial charge in [-0.1, -0.05) is 27.7 Å². The van der Waals surface area contributed by atoms with Crippen LogP contribution in [0.3, 0.4) is 0 Å². The molecule has 2 unspecified atom stereocenters. The van der Waals surface area contributed by atoms with Gasteiger partial charge in [-0.3, -0.25) is 4.79 Å². The van der Waals surface area contributed by atoms with Crippen LogP contribution < -0.4 is 5.73 Å². The van der Waals surface area contributed by atoms with Gasteiger partial charge in [-0.05, 0) is 25.2 Å². The molecule has 1 heterocycles. The zero-order valence-corrected chi connectivity index (χ0v) is 11.1. The molecule has 0 aromatic heterocycles. The molecule has 2 N–H and O–H groups in total. The van der Waals surface area contributed by atoms with Crippen LogP contribution >= 0.6 is 0 Å². The smallest absolute Gasteiger partial charge is 0.225 e. The van der Waals surface area contributed by atoms with E-state index in [9.17, 15) is 4.79 Å². The van der Waals surface area contributed by atoms with Crippen molar-refractivity contribution in [1.82, 2.24) is 4.90 Å². The summed E-state index contributed by atoms with van der Waals surface area (Å²) in [6.45, 7) is 9.95. The lowest BCUT2D eigenvalue weighted by Crippen LogP contribution is -2.56. The van der Waals surface area contributed by atoms with Crippen LogP contribution in [0.15, 0.2) is 0 Å². The van der Waals surface area contributed by atoms with Crippen LogP contribution in [-0.2, 0) is 4.79 Å². The molecule has 3 heteroatoms. The van der Waals surface area contributed by atoms with Crippen molar-refractivity contribution in [3.05, 3.63) is 0 Å². The van der Waals surface area contributed by atoms with Gasteiger partial charge in [0.25, 0.3) is 0 Å². The molecule has 1 rings (SSSR count). The minimum absolute atomic E-state index is 0.110. The molecule has 3 nitrogen and oxygen atoms in total. The Morgan fingerprint density at radius 1 is 1.44 bits per heavy atom. The number of nitrogens with zero attached hydrogens (tertiary/aromatic N) is 1. The van der Waals surface area contributed by atoms with Crippen LogP contribution in [0.25, 0.3) is 0 Å². The third-order valence-electron chi connectivity index (χ3n) is 4.01. The van der Waals surface area contributed by atoms with Gasteiger partial charge in [-0.2, -0.15) is 0 Å². The second kappa shape index (κ2) is 5.17. The minimum atomic E-state index is -0.148. The lowest BCUT2D eigenvalue weighted by atomic mass is 9.86. The van der Waals surface area contributed by atoms with Crippen molar-refractivity contribution in [3.8, 4) is 0 Å². The van der Waals surface area contributed by atoms with E-state index in [1.54, 1.807) is 0 Å². The summed E-state index contributed by atoms with van der Waals surface area (Å²) in [5.41, 5.74) is 6.12. The number of amides is 1. The number of rotatable bonds is 3. The Balaban J connectivity index is 2.64. The number of likely N-dealkylation sites (tertiary alicyclic amines) is 1. The van der Waals surface area contributed by atoms with E-state index in [0.29, 0.717) is 5.92 Å². The van der Waals surface area contributed by atoms with E-state index in [2.05, 4.69) is 20.8 Å². The molecule has 1 fully saturated rings. The van der Waals surface area contributed by atoms with Gasteiger partial charge >= 0.3 is 0 Å². The summed E-state index contributed by atoms with van der Waals surface area (Å²) in [6.07, 6.45) is 3.04. The number of carbonyl (C=O) groups is 1. The molecule has 1 saturated heterocycles. The molecule has 0 aromatic rings. The highest BCUT2D eigenvalue weighted by atomic mass is 16.2. The predicted octanol–water partition coefficient (Wildman–Crippen LogP) is 2.01. The molecule has 1 aliphatic rings. The summed E-state index contributed by atoms with van der Waals surface area (Å²) in [4.78, 5) is 14.2. The van der Waals surface area contributed by atoms with Crippen LogP contribution in [0, 0.1) is 11.8 Å². The fraction of sp³-hybridized carbons (Fsp3) is 0.923. The lowest BCUT2D eigenvalue weighted by molar-refractivity contribution is -0.138. The highest BCUT2D eigenvalue weighted by Crippen LogP contribution is 2.24. The van der Waals surface area contributed by atoms with E-state index < -0.39 is 0 Å². The Bertz CT molecular complexity index is 252. The maximum Gasteiger partial charge on any atom is 0.225 e. The molecule has 0 saturated carbocycles. The second-order valence-corrected chi connectivity index (χ2v) is 5.61. The van der Waals surface area contributed by atoms with Crippen LogP contribution in [0.1, 0.15) is 47.0 Å². The predicted molar refractivity (Wildman–Crippen MR) is 67.0 cm³/mol. The molecule has 2 atom stereocenters. The molecule has 0 aliphatic carbocycles. The van der Waals surface area contributed by atoms with Crippen LogP contribution in [0.2, 0.25) is 0 Å². The first-order valence-corrected chi connectivity index (χ1v) is 6.47. The van der Waals surface area contributed by atoms with E-state index >= 15 is 0 Å². The van der Waals surface area contributed by atoms with Crippen molar-refractivity contribution in [2.75, 3.05) is 13.1 Å². The first kappa shape index (κ1) is 13.5. The van der Waals surface area contributed by atoms with Gasteiger partial charge in [-0.15, -0.1) is 0 Å². The first-order valence-electron chi connectivity index (χ1n) is 6.47. The fourth-order valence-corrected chi connectivity index (χ4v) is 2.21. The molecular formula is C13H26N2O. The van der Waals surface area contributed by atoms with Crippen molar-refractivity contribution >= 4 is 5.91 Å². The molecule has 0 radical (unpaired) electrons. The van der Waals surface area contributed by atoms with E-state index in [-0.39, 0.29) is 17.4 Å². The highest BCUT2D eigenvalue weighted by Gasteiger charge is 2.34. The maximum atomic E-state index is 12.2. The zero-order valence-electron chi connectivity index (χ0n) is 11.1. The van der Waals surface area contributed by atoms with Crippen molar-refractivity contribution < 1.29 is 4.79 Å². The van der Waals surface area contributed by atoms with Gasteiger partial charge in [0.2, 0.25) is 5.91 Å². The van der Waals surface area contributed by atoms with Gasteiger partial charge in [0.15, 0.2) is 0 Å². The third kappa shape index (κ3) is 2.97. The molecule has 16 heavy (non-hydrogen) atoms. The summed E-state index contributed by atoms with van der Waals surface area (Å²) >= 11 is 0. The number of hydrogen-bond acceptors (Lipinski definition) is 2. The number of piperidine rings is 1. The second-order valence-electron chi connectivity index (χ2n) is 5.61. The first-order chi connectivity index (χ1) is 7.39. The van der Waals surface area contributed by atoms with Crippen molar-refractivity contribution in [3.63, 3.8) is 0 Å². The summed E-state index contributed by atoms with van der Waals surface area (Å²) in [6, 6.07) is 0. The molecule has 0 aromatic carbocycles. The topological polar surface area (TPSA) is 46.3 Å². The van der Waals surface area contributed by atoms with Crippen molar-refractivity contribution in [2.45, 2.75) is 52.5 Å². The molecule has 1 amide bonds. The molecule has 94 valence electrons. The normalized spacial score (nSPS) is 28.2. The molecule has 1 aliphatic heterocycles. The van der Waals surface area contributed by atoms with E-state index in [0.717, 1.165) is 32.4 Å². The van der Waals surface area contributed by atoms with Gasteiger partial charge in [0.05, 0.1) is 0 Å². The van der Waals surface area contributed by atoms with Gasteiger partial charge < -0.3 is 10.6 Å². The van der Waals surface area contributed by atoms with E-state index in [4.69, 9.17) is 5.73 Å². The molecule has 0 bridgehead atoms. The Morgan fingerprint density at radius 3 is 2.56 bits per heavy atom. The Morgan fingerprint density at radius 2 is 2.06 bits per heavy atom. The maximum absolute atomic E-state index is 12.2. The monoisotopic (exact) mass is 226 g/mol. The number of carbonyl (C=O) groups excluding carboxylic acids is 1. The average molecular weight is 226 g/mol. The van der Waals surface area contributed by atoms with Crippen molar-refractivity contribution in [1.29, 1.82) is 0 Å². The zero-order chi connectivity index (χ0) is 12.3. The lowest BCUT2D eigenvalue weighted by Gasteiger charge is -2.41. The minimum Gasteiger partial charge on any atom is -0.341 e. The summed E-state index contributed by atoms with van der Waals surface area (Å²) in [5, 5.41) is 0. The summed E-state index contributed by atoms with van der Waals surface area (Å²) < 4.78 is 0. The van der Waals surface area contributed by atoms with E-state index in [1.807, 2.05) is 11.8 Å². The number of hydrogen-bond donors (Lipinski definition) is 1. The Labute approximate surface area is 99.4 Å². The standard InChI is InChI=1S/C13H26N2O/c1-5-13(14)7-6-8-15(9-13)12(16)11(4)10(2)3/h10-11H,5-9,14H2,1-4H3. The highest BCUT2D eigenvalue weighted by molar-refractivity contribution is 5.79. The quantitative estimate of drug-likeness (QED) is 0.800. The Hall–Kier alpha value is -0.570. The van der Waals surface area contributed by atoms with Gasteiger partial charge in [0, 0.05) is 24.5 Å². The van der Waals surface area contributed by atoms with Crippen LogP contribution in [0.4, 0.5) is 0 Å². The summed E-state index contributed by atoms with van der Waals surface area (Å²) in [5.74, 6) is 0.792. The third-order valence-corrected chi connectivity index (χ3v) is 4.01. The fourth-order valence-electron chi connectivity index (χ4n) is 2.21. The van der Waals surface area contributed by atoms with E-state index in [1.165, 1.54) is 0 Å². The summed E-state index contributed by atoms with van der Waals surface area (Å²) in [7, 11) is 0. The Kier molecular flexibility index (Phi) is 4.36. The van der Waals surface area contributed by atoms with Crippen molar-refractivity contribution in [2.24, 2.45) is 17.6 Å². The largest absolute Gasteiger partial charge is 0.341 e.